The van der Waals surface area contributed by atoms with Crippen molar-refractivity contribution in [2.24, 2.45) is 0 Å². The first-order valence-electron chi connectivity index (χ1n) is 33.9. The maximum absolute atomic E-state index is 12.9. The molecule has 0 heterocycles. The molecular formula is C74H126O6. The Kier molecular flexibility index (Phi) is 64.3. The van der Waals surface area contributed by atoms with Gasteiger partial charge in [-0.15, -0.1) is 0 Å². The van der Waals surface area contributed by atoms with Crippen LogP contribution in [0.5, 0.6) is 0 Å². The molecule has 0 aromatic carbocycles. The van der Waals surface area contributed by atoms with Crippen LogP contribution < -0.4 is 0 Å². The van der Waals surface area contributed by atoms with E-state index < -0.39 is 6.10 Å². The molecule has 0 aromatic heterocycles. The van der Waals surface area contributed by atoms with Gasteiger partial charge in [0.2, 0.25) is 0 Å². The van der Waals surface area contributed by atoms with Crippen LogP contribution in [0.15, 0.2) is 109 Å². The fourth-order valence-corrected chi connectivity index (χ4v) is 9.55. The summed E-state index contributed by atoms with van der Waals surface area (Å²) in [7, 11) is 0. The zero-order valence-electron chi connectivity index (χ0n) is 52.6. The van der Waals surface area contributed by atoms with Gasteiger partial charge in [-0.3, -0.25) is 14.4 Å². The monoisotopic (exact) mass is 1110 g/mol. The Hall–Kier alpha value is -3.93. The van der Waals surface area contributed by atoms with Gasteiger partial charge in [0.15, 0.2) is 6.10 Å². The number of esters is 3. The molecule has 0 spiro atoms. The molecule has 0 aliphatic carbocycles. The molecular weight excluding hydrogens is 985 g/mol. The lowest BCUT2D eigenvalue weighted by atomic mass is 10.0. The van der Waals surface area contributed by atoms with Crippen molar-refractivity contribution < 1.29 is 28.6 Å². The first-order valence-corrected chi connectivity index (χ1v) is 33.9. The Balaban J connectivity index is 4.32. The third kappa shape index (κ3) is 64.9. The summed E-state index contributed by atoms with van der Waals surface area (Å²) in [6, 6.07) is 0. The SMILES string of the molecule is CC/C=C\C/C=C\C/C=C\C/C=C\C/C=C\CCCCCCCCCCCCCC(=O)OCC(COC(=O)CC/C=C\C/C=C\C/C=C\C/C=C\CC)OC(=O)CCCCCCCCCCCCCCCCCCCCCCCC. The van der Waals surface area contributed by atoms with Crippen molar-refractivity contribution in [3.8, 4) is 0 Å². The summed E-state index contributed by atoms with van der Waals surface area (Å²) in [5, 5.41) is 0. The van der Waals surface area contributed by atoms with Crippen LogP contribution in [0.1, 0.15) is 323 Å². The molecule has 0 saturated heterocycles. The number of allylic oxidation sites excluding steroid dienone is 18. The maximum atomic E-state index is 12.9. The van der Waals surface area contributed by atoms with Crippen LogP contribution in [0.25, 0.3) is 0 Å². The summed E-state index contributed by atoms with van der Waals surface area (Å²) in [4.78, 5) is 38.3. The van der Waals surface area contributed by atoms with Crippen LogP contribution in [0, 0.1) is 0 Å². The Morgan fingerprint density at radius 2 is 0.512 bits per heavy atom. The third-order valence-corrected chi connectivity index (χ3v) is 14.5. The molecule has 0 bridgehead atoms. The van der Waals surface area contributed by atoms with Crippen molar-refractivity contribution in [3.63, 3.8) is 0 Å². The highest BCUT2D eigenvalue weighted by molar-refractivity contribution is 5.71. The molecule has 0 aliphatic heterocycles. The maximum Gasteiger partial charge on any atom is 0.306 e. The first kappa shape index (κ1) is 76.1. The molecule has 6 heteroatoms. The highest BCUT2D eigenvalue weighted by atomic mass is 16.6. The van der Waals surface area contributed by atoms with E-state index in [1.54, 1.807) is 0 Å². The van der Waals surface area contributed by atoms with E-state index in [-0.39, 0.29) is 37.5 Å². The lowest BCUT2D eigenvalue weighted by molar-refractivity contribution is -0.166. The molecule has 458 valence electrons. The van der Waals surface area contributed by atoms with Gasteiger partial charge in [-0.25, -0.2) is 0 Å². The topological polar surface area (TPSA) is 78.9 Å². The second kappa shape index (κ2) is 67.6. The van der Waals surface area contributed by atoms with E-state index in [2.05, 4.69) is 124 Å². The zero-order chi connectivity index (χ0) is 57.8. The quantitative estimate of drug-likeness (QED) is 0.0261. The van der Waals surface area contributed by atoms with Crippen molar-refractivity contribution in [1.29, 1.82) is 0 Å². The minimum absolute atomic E-state index is 0.0997. The lowest BCUT2D eigenvalue weighted by Gasteiger charge is -2.18. The van der Waals surface area contributed by atoms with E-state index in [9.17, 15) is 14.4 Å². The van der Waals surface area contributed by atoms with E-state index >= 15 is 0 Å². The normalized spacial score (nSPS) is 12.8. The predicted octanol–water partition coefficient (Wildman–Crippen LogP) is 23.4. The molecule has 1 unspecified atom stereocenters. The first-order chi connectivity index (χ1) is 39.5. The number of unbranched alkanes of at least 4 members (excludes halogenated alkanes) is 32. The second-order valence-corrected chi connectivity index (χ2v) is 22.3. The van der Waals surface area contributed by atoms with Gasteiger partial charge >= 0.3 is 17.9 Å². The van der Waals surface area contributed by atoms with Crippen molar-refractivity contribution in [2.45, 2.75) is 329 Å². The van der Waals surface area contributed by atoms with Crippen LogP contribution >= 0.6 is 0 Å². The minimum atomic E-state index is -0.809. The van der Waals surface area contributed by atoms with E-state index in [1.165, 1.54) is 180 Å². The lowest BCUT2D eigenvalue weighted by Crippen LogP contribution is -2.30. The molecule has 0 aliphatic rings. The summed E-state index contributed by atoms with van der Waals surface area (Å²) >= 11 is 0. The van der Waals surface area contributed by atoms with Crippen LogP contribution in [0.2, 0.25) is 0 Å². The highest BCUT2D eigenvalue weighted by Gasteiger charge is 2.19. The summed E-state index contributed by atoms with van der Waals surface area (Å²) in [6.07, 6.45) is 92.7. The number of ether oxygens (including phenoxy) is 3. The minimum Gasteiger partial charge on any atom is -0.462 e. The summed E-state index contributed by atoms with van der Waals surface area (Å²) in [5.41, 5.74) is 0. The Labute approximate surface area is 495 Å². The Morgan fingerprint density at radius 1 is 0.263 bits per heavy atom. The van der Waals surface area contributed by atoms with Crippen molar-refractivity contribution >= 4 is 17.9 Å². The molecule has 6 nitrogen and oxygen atoms in total. The molecule has 80 heavy (non-hydrogen) atoms. The van der Waals surface area contributed by atoms with Gasteiger partial charge in [-0.2, -0.15) is 0 Å². The van der Waals surface area contributed by atoms with Gasteiger partial charge < -0.3 is 14.2 Å². The average Bonchev–Trinajstić information content (AvgIpc) is 3.46. The highest BCUT2D eigenvalue weighted by Crippen LogP contribution is 2.17. The molecule has 0 amide bonds. The van der Waals surface area contributed by atoms with Crippen molar-refractivity contribution in [3.05, 3.63) is 109 Å². The van der Waals surface area contributed by atoms with Gasteiger partial charge in [0.05, 0.1) is 0 Å². The standard InChI is InChI=1S/C74H126O6/c1-4-7-10-13-16-19-22-25-27-29-31-33-35-36-37-38-39-41-42-44-46-49-52-55-58-61-64-67-73(76)79-70-71(69-78-72(75)66-63-60-57-54-51-48-24-21-18-15-12-9-6-3)80-74(77)68-65-62-59-56-53-50-47-45-43-40-34-32-30-28-26-23-20-17-14-11-8-5-2/h7,9-10,12,16,18-19,21,25,27,31,33,36-37,48,51,57,60,71H,4-6,8,11,13-15,17,20,22-24,26,28-30,32,34-35,38-47,49-50,52-56,58-59,61-70H2,1-3H3/b10-7-,12-9-,19-16-,21-18-,27-25-,33-31-,37-36-,51-48-,60-57-. The van der Waals surface area contributed by atoms with Crippen molar-refractivity contribution in [1.82, 2.24) is 0 Å². The van der Waals surface area contributed by atoms with E-state index in [0.717, 1.165) is 96.3 Å². The third-order valence-electron chi connectivity index (χ3n) is 14.5. The summed E-state index contributed by atoms with van der Waals surface area (Å²) in [6.45, 7) is 6.38. The fraction of sp³-hybridized carbons (Fsp3) is 0.716. The molecule has 0 saturated carbocycles. The fourth-order valence-electron chi connectivity index (χ4n) is 9.55. The largest absolute Gasteiger partial charge is 0.462 e. The summed E-state index contributed by atoms with van der Waals surface area (Å²) in [5.74, 6) is -0.975. The molecule has 0 N–H and O–H groups in total. The number of rotatable bonds is 61. The van der Waals surface area contributed by atoms with Crippen LogP contribution in [0.3, 0.4) is 0 Å². The van der Waals surface area contributed by atoms with Gasteiger partial charge in [-0.1, -0.05) is 323 Å². The van der Waals surface area contributed by atoms with E-state index in [0.29, 0.717) is 19.3 Å². The Morgan fingerprint density at radius 3 is 0.838 bits per heavy atom. The molecule has 0 aromatic rings. The number of hydrogen-bond donors (Lipinski definition) is 0. The van der Waals surface area contributed by atoms with Crippen LogP contribution in [-0.2, 0) is 28.6 Å². The van der Waals surface area contributed by atoms with Crippen LogP contribution in [0.4, 0.5) is 0 Å². The number of hydrogen-bond acceptors (Lipinski definition) is 6. The molecule has 0 radical (unpaired) electrons. The number of carbonyl (C=O) groups is 3. The van der Waals surface area contributed by atoms with Gasteiger partial charge in [-0.05, 0) is 89.9 Å². The zero-order valence-corrected chi connectivity index (χ0v) is 52.6. The summed E-state index contributed by atoms with van der Waals surface area (Å²) < 4.78 is 16.9. The van der Waals surface area contributed by atoms with Gasteiger partial charge in [0.1, 0.15) is 13.2 Å². The molecule has 0 rings (SSSR count). The smallest absolute Gasteiger partial charge is 0.306 e. The Bertz CT molecular complexity index is 1610. The number of carbonyl (C=O) groups excluding carboxylic acids is 3. The van der Waals surface area contributed by atoms with Gasteiger partial charge in [0, 0.05) is 19.3 Å². The van der Waals surface area contributed by atoms with Crippen LogP contribution in [-0.4, -0.2) is 37.2 Å². The van der Waals surface area contributed by atoms with Crippen molar-refractivity contribution in [2.75, 3.05) is 13.2 Å². The second-order valence-electron chi connectivity index (χ2n) is 22.3. The average molecular weight is 1110 g/mol. The van der Waals surface area contributed by atoms with Gasteiger partial charge in [0.25, 0.3) is 0 Å². The molecule has 0 fully saturated rings. The predicted molar refractivity (Wildman–Crippen MR) is 348 cm³/mol. The van der Waals surface area contributed by atoms with E-state index in [1.807, 2.05) is 6.08 Å². The van der Waals surface area contributed by atoms with E-state index in [4.69, 9.17) is 14.2 Å². The molecule has 1 atom stereocenters.